The van der Waals surface area contributed by atoms with E-state index in [1.807, 2.05) is 17.5 Å². The first-order valence-corrected chi connectivity index (χ1v) is 9.07. The Balaban J connectivity index is 1.57. The van der Waals surface area contributed by atoms with Gasteiger partial charge in [-0.25, -0.2) is 4.68 Å². The average molecular weight is 384 g/mol. The van der Waals surface area contributed by atoms with Gasteiger partial charge in [-0.1, -0.05) is 12.1 Å². The van der Waals surface area contributed by atoms with Gasteiger partial charge in [-0.2, -0.15) is 5.10 Å². The van der Waals surface area contributed by atoms with Crippen molar-refractivity contribution in [1.29, 1.82) is 0 Å². The lowest BCUT2D eigenvalue weighted by atomic mass is 10.2. The summed E-state index contributed by atoms with van der Waals surface area (Å²) in [6.07, 6.45) is 0.585. The average Bonchev–Trinajstić information content (AvgIpc) is 3.18. The van der Waals surface area contributed by atoms with E-state index in [0.29, 0.717) is 24.3 Å². The molecule has 0 aliphatic rings. The SMILES string of the molecule is O=C(CCCn1nc(-c2cccs2)ccc1=O)Nc1cccc([N+](=O)[O-])c1. The van der Waals surface area contributed by atoms with Crippen LogP contribution in [-0.2, 0) is 11.3 Å². The van der Waals surface area contributed by atoms with Gasteiger partial charge in [0, 0.05) is 36.9 Å². The third kappa shape index (κ3) is 4.85. The van der Waals surface area contributed by atoms with Gasteiger partial charge < -0.3 is 5.32 Å². The number of nitro benzene ring substituents is 1. The first-order chi connectivity index (χ1) is 13.0. The summed E-state index contributed by atoms with van der Waals surface area (Å²) in [5.74, 6) is -0.280. The minimum absolute atomic E-state index is 0.0889. The van der Waals surface area contributed by atoms with Crippen molar-refractivity contribution in [3.63, 3.8) is 0 Å². The molecule has 3 rings (SSSR count). The summed E-state index contributed by atoms with van der Waals surface area (Å²) in [6, 6.07) is 12.7. The number of carbonyl (C=O) groups excluding carboxylic acids is 1. The third-order valence-electron chi connectivity index (χ3n) is 3.75. The number of nitro groups is 1. The maximum atomic E-state index is 12.0. The molecule has 0 aliphatic heterocycles. The fourth-order valence-electron chi connectivity index (χ4n) is 2.47. The van der Waals surface area contributed by atoms with E-state index >= 15 is 0 Å². The molecular weight excluding hydrogens is 368 g/mol. The number of hydrogen-bond donors (Lipinski definition) is 1. The van der Waals surface area contributed by atoms with Crippen molar-refractivity contribution >= 4 is 28.6 Å². The number of rotatable bonds is 7. The number of aromatic nitrogens is 2. The van der Waals surface area contributed by atoms with Crippen molar-refractivity contribution in [2.45, 2.75) is 19.4 Å². The standard InChI is InChI=1S/C18H16N4O4S/c23-17(19-13-4-1-5-14(12-13)22(25)26)7-2-10-21-18(24)9-8-15(20-21)16-6-3-11-27-16/h1,3-6,8-9,11-12H,2,7,10H2,(H,19,23). The second kappa shape index (κ2) is 8.37. The number of nitrogens with zero attached hydrogens (tertiary/aromatic N) is 3. The highest BCUT2D eigenvalue weighted by Gasteiger charge is 2.09. The maximum Gasteiger partial charge on any atom is 0.271 e. The van der Waals surface area contributed by atoms with Crippen LogP contribution >= 0.6 is 11.3 Å². The highest BCUT2D eigenvalue weighted by molar-refractivity contribution is 7.13. The number of benzene rings is 1. The Hall–Kier alpha value is -3.33. The number of thiophene rings is 1. The fourth-order valence-corrected chi connectivity index (χ4v) is 3.17. The van der Waals surface area contributed by atoms with Crippen molar-refractivity contribution in [3.8, 4) is 10.6 Å². The Morgan fingerprint density at radius 3 is 2.81 bits per heavy atom. The molecule has 8 nitrogen and oxygen atoms in total. The zero-order valence-corrected chi connectivity index (χ0v) is 15.0. The van der Waals surface area contributed by atoms with Crippen LogP contribution < -0.4 is 10.9 Å². The molecule has 1 amide bonds. The molecular formula is C18H16N4O4S. The summed E-state index contributed by atoms with van der Waals surface area (Å²) >= 11 is 1.53. The zero-order chi connectivity index (χ0) is 19.2. The Kier molecular flexibility index (Phi) is 5.72. The van der Waals surface area contributed by atoms with Gasteiger partial charge in [0.1, 0.15) is 5.69 Å². The predicted octanol–water partition coefficient (Wildman–Crippen LogP) is 3.30. The zero-order valence-electron chi connectivity index (χ0n) is 14.2. The van der Waals surface area contributed by atoms with Gasteiger partial charge in [-0.3, -0.25) is 19.7 Å². The Morgan fingerprint density at radius 2 is 2.07 bits per heavy atom. The van der Waals surface area contributed by atoms with E-state index in [2.05, 4.69) is 10.4 Å². The van der Waals surface area contributed by atoms with Crippen LogP contribution in [0.15, 0.2) is 58.7 Å². The van der Waals surface area contributed by atoms with Gasteiger partial charge in [-0.05, 0) is 30.0 Å². The molecule has 138 valence electrons. The Morgan fingerprint density at radius 1 is 1.22 bits per heavy atom. The molecule has 3 aromatic rings. The van der Waals surface area contributed by atoms with E-state index in [1.165, 1.54) is 40.3 Å². The lowest BCUT2D eigenvalue weighted by Crippen LogP contribution is -2.23. The molecule has 9 heteroatoms. The second-order valence-electron chi connectivity index (χ2n) is 5.72. The van der Waals surface area contributed by atoms with Gasteiger partial charge in [0.05, 0.1) is 9.80 Å². The van der Waals surface area contributed by atoms with E-state index in [1.54, 1.807) is 12.1 Å². The van der Waals surface area contributed by atoms with Gasteiger partial charge >= 0.3 is 0 Å². The number of amides is 1. The van der Waals surface area contributed by atoms with Gasteiger partial charge in [-0.15, -0.1) is 11.3 Å². The van der Waals surface area contributed by atoms with Crippen LogP contribution in [0.3, 0.4) is 0 Å². The first-order valence-electron chi connectivity index (χ1n) is 8.19. The highest BCUT2D eigenvalue weighted by atomic mass is 32.1. The molecule has 0 unspecified atom stereocenters. The molecule has 0 radical (unpaired) electrons. The predicted molar refractivity (Wildman–Crippen MR) is 103 cm³/mol. The number of anilines is 1. The quantitative estimate of drug-likeness (QED) is 0.497. The minimum atomic E-state index is -0.520. The normalized spacial score (nSPS) is 10.5. The van der Waals surface area contributed by atoms with E-state index in [-0.39, 0.29) is 23.6 Å². The number of carbonyl (C=O) groups is 1. The van der Waals surface area contributed by atoms with Crippen LogP contribution in [0.1, 0.15) is 12.8 Å². The summed E-state index contributed by atoms with van der Waals surface area (Å²) in [4.78, 5) is 35.2. The molecule has 0 saturated heterocycles. The number of aryl methyl sites for hydroxylation is 1. The Labute approximate surface area is 158 Å². The molecule has 0 atom stereocenters. The van der Waals surface area contributed by atoms with Gasteiger partial charge in [0.2, 0.25) is 5.91 Å². The largest absolute Gasteiger partial charge is 0.326 e. The summed E-state index contributed by atoms with van der Waals surface area (Å²) in [5.41, 5.74) is 0.762. The molecule has 2 heterocycles. The molecule has 0 bridgehead atoms. The molecule has 1 aromatic carbocycles. The molecule has 1 N–H and O–H groups in total. The van der Waals surface area contributed by atoms with Crippen LogP contribution in [0.2, 0.25) is 0 Å². The molecule has 0 fully saturated rings. The van der Waals surface area contributed by atoms with Crippen molar-refractivity contribution < 1.29 is 9.72 Å². The summed E-state index contributed by atoms with van der Waals surface area (Å²) in [6.45, 7) is 0.306. The van der Waals surface area contributed by atoms with Gasteiger partial charge in [0.25, 0.3) is 11.2 Å². The summed E-state index contributed by atoms with van der Waals surface area (Å²) in [5, 5.41) is 19.7. The minimum Gasteiger partial charge on any atom is -0.326 e. The van der Waals surface area contributed by atoms with Crippen LogP contribution in [0.4, 0.5) is 11.4 Å². The summed E-state index contributed by atoms with van der Waals surface area (Å²) < 4.78 is 1.34. The monoisotopic (exact) mass is 384 g/mol. The molecule has 0 spiro atoms. The fraction of sp³-hybridized carbons (Fsp3) is 0.167. The van der Waals surface area contributed by atoms with Crippen molar-refractivity contribution in [2.75, 3.05) is 5.32 Å². The molecule has 0 saturated carbocycles. The van der Waals surface area contributed by atoms with Gasteiger partial charge in [0.15, 0.2) is 0 Å². The number of nitrogens with one attached hydrogen (secondary N) is 1. The highest BCUT2D eigenvalue weighted by Crippen LogP contribution is 2.21. The first kappa shape index (κ1) is 18.5. The molecule has 2 aromatic heterocycles. The lowest BCUT2D eigenvalue weighted by Gasteiger charge is -2.07. The third-order valence-corrected chi connectivity index (χ3v) is 4.65. The van der Waals surface area contributed by atoms with Crippen LogP contribution in [-0.4, -0.2) is 20.6 Å². The van der Waals surface area contributed by atoms with E-state index in [0.717, 1.165) is 4.88 Å². The van der Waals surface area contributed by atoms with E-state index in [4.69, 9.17) is 0 Å². The number of hydrogen-bond acceptors (Lipinski definition) is 6. The maximum absolute atomic E-state index is 12.0. The Bertz CT molecular complexity index is 1010. The van der Waals surface area contributed by atoms with E-state index < -0.39 is 4.92 Å². The van der Waals surface area contributed by atoms with Crippen LogP contribution in [0, 0.1) is 10.1 Å². The smallest absolute Gasteiger partial charge is 0.271 e. The molecule has 27 heavy (non-hydrogen) atoms. The van der Waals surface area contributed by atoms with Crippen molar-refractivity contribution in [1.82, 2.24) is 9.78 Å². The van der Waals surface area contributed by atoms with Crippen molar-refractivity contribution in [2.24, 2.45) is 0 Å². The second-order valence-corrected chi connectivity index (χ2v) is 6.66. The number of non-ortho nitro benzene ring substituents is 1. The van der Waals surface area contributed by atoms with Crippen molar-refractivity contribution in [3.05, 3.63) is 74.4 Å². The lowest BCUT2D eigenvalue weighted by molar-refractivity contribution is -0.384. The van der Waals surface area contributed by atoms with Crippen LogP contribution in [0.25, 0.3) is 10.6 Å². The van der Waals surface area contributed by atoms with Crippen LogP contribution in [0.5, 0.6) is 0 Å². The summed E-state index contributed by atoms with van der Waals surface area (Å²) in [7, 11) is 0. The topological polar surface area (TPSA) is 107 Å². The van der Waals surface area contributed by atoms with E-state index in [9.17, 15) is 19.7 Å². The molecule has 0 aliphatic carbocycles.